The van der Waals surface area contributed by atoms with Gasteiger partial charge in [0.05, 0.1) is 11.3 Å². The predicted molar refractivity (Wildman–Crippen MR) is 157 cm³/mol. The molecule has 2 aliphatic rings. The number of alkyl halides is 3. The topological polar surface area (TPSA) is 128 Å². The maximum atomic E-state index is 12.9. The molecule has 44 heavy (non-hydrogen) atoms. The number of benzene rings is 2. The van der Waals surface area contributed by atoms with E-state index in [0.717, 1.165) is 31.2 Å². The van der Waals surface area contributed by atoms with Crippen LogP contribution in [0.4, 0.5) is 19.1 Å². The van der Waals surface area contributed by atoms with Crippen molar-refractivity contribution in [3.63, 3.8) is 0 Å². The van der Waals surface area contributed by atoms with Gasteiger partial charge in [0.15, 0.2) is 28.0 Å². The number of ketones is 2. The molecule has 9 nitrogen and oxygen atoms in total. The monoisotopic (exact) mass is 650 g/mol. The van der Waals surface area contributed by atoms with Crippen LogP contribution >= 0.6 is 11.6 Å². The smallest absolute Gasteiger partial charge is 0.422 e. The molecule has 2 aliphatic carbocycles. The highest BCUT2D eigenvalue weighted by Crippen LogP contribution is 2.48. The molecule has 5 rings (SSSR count). The van der Waals surface area contributed by atoms with Crippen molar-refractivity contribution in [1.29, 1.82) is 0 Å². The quantitative estimate of drug-likeness (QED) is 0.212. The highest BCUT2D eigenvalue weighted by molar-refractivity contribution is 7.92. The van der Waals surface area contributed by atoms with Crippen molar-refractivity contribution in [2.45, 2.75) is 56.7 Å². The Kier molecular flexibility index (Phi) is 9.26. The van der Waals surface area contributed by atoms with Crippen LogP contribution in [0.5, 0.6) is 6.01 Å². The van der Waals surface area contributed by atoms with Crippen LogP contribution in [0.2, 0.25) is 5.02 Å². The van der Waals surface area contributed by atoms with E-state index in [-0.39, 0.29) is 54.3 Å². The van der Waals surface area contributed by atoms with Gasteiger partial charge in [-0.2, -0.15) is 28.1 Å². The minimum absolute atomic E-state index is 0.00790. The Balaban J connectivity index is 1.23. The molecule has 1 aromatic heterocycles. The molecule has 2 saturated carbocycles. The normalized spacial score (nSPS) is 15.9. The number of sulfone groups is 1. The summed E-state index contributed by atoms with van der Waals surface area (Å²) in [4.78, 5) is 37.0. The van der Waals surface area contributed by atoms with Crippen LogP contribution < -0.4 is 10.1 Å². The number of aromatic nitrogens is 3. The predicted octanol–water partition coefficient (Wildman–Crippen LogP) is 5.51. The van der Waals surface area contributed by atoms with E-state index in [1.54, 1.807) is 36.4 Å². The van der Waals surface area contributed by atoms with E-state index >= 15 is 0 Å². The number of nitrogens with zero attached hydrogens (tertiary/aromatic N) is 3. The Morgan fingerprint density at radius 2 is 1.68 bits per heavy atom. The highest BCUT2D eigenvalue weighted by Gasteiger charge is 2.45. The van der Waals surface area contributed by atoms with E-state index in [9.17, 15) is 31.2 Å². The van der Waals surface area contributed by atoms with Crippen LogP contribution in [0.1, 0.15) is 65.8 Å². The first-order valence-electron chi connectivity index (χ1n) is 14.1. The summed E-state index contributed by atoms with van der Waals surface area (Å²) in [7, 11) is -3.55. The molecule has 234 valence electrons. The lowest BCUT2D eigenvalue weighted by molar-refractivity contribution is -0.154. The van der Waals surface area contributed by atoms with Crippen molar-refractivity contribution in [2.75, 3.05) is 23.4 Å². The molecule has 2 fully saturated rings. The van der Waals surface area contributed by atoms with E-state index in [1.807, 2.05) is 12.1 Å². The molecule has 2 aromatic carbocycles. The first-order valence-corrected chi connectivity index (χ1v) is 16.3. The Morgan fingerprint density at radius 3 is 2.30 bits per heavy atom. The Bertz CT molecular complexity index is 1630. The van der Waals surface area contributed by atoms with Crippen molar-refractivity contribution in [1.82, 2.24) is 15.0 Å². The van der Waals surface area contributed by atoms with E-state index in [4.69, 9.17) is 16.3 Å². The second-order valence-corrected chi connectivity index (χ2v) is 13.8. The molecule has 0 saturated heterocycles. The second kappa shape index (κ2) is 12.8. The van der Waals surface area contributed by atoms with E-state index in [1.165, 1.54) is 0 Å². The van der Waals surface area contributed by atoms with Crippen LogP contribution in [0.25, 0.3) is 0 Å². The average Bonchev–Trinajstić information content (AvgIpc) is 3.88. The molecule has 3 aromatic rings. The largest absolute Gasteiger partial charge is 0.454 e. The lowest BCUT2D eigenvalue weighted by Gasteiger charge is -2.19. The molecule has 1 N–H and O–H groups in total. The van der Waals surface area contributed by atoms with E-state index in [0.29, 0.717) is 16.1 Å². The van der Waals surface area contributed by atoms with Crippen molar-refractivity contribution in [3.05, 3.63) is 76.1 Å². The van der Waals surface area contributed by atoms with Gasteiger partial charge in [0, 0.05) is 29.3 Å². The molecule has 0 amide bonds. The standard InChI is InChI=1S/C30H30ClF3N4O5S/c31-23-11-9-22(10-12-23)29(13-14-29)38-27-35-26(36-28(37-27)43-18-30(32,33)34)16-19-3-5-20(6-4-19)24(39)2-1-15-44(41,42)17-25(40)21-7-8-21/h3-6,9-12,21H,1-2,7-8,13-18H2,(H,35,36,37,38). The van der Waals surface area contributed by atoms with Gasteiger partial charge < -0.3 is 10.1 Å². The molecule has 0 spiro atoms. The molecule has 0 bridgehead atoms. The summed E-state index contributed by atoms with van der Waals surface area (Å²) >= 11 is 6.01. The zero-order chi connectivity index (χ0) is 31.5. The fourth-order valence-electron chi connectivity index (χ4n) is 4.74. The molecule has 0 radical (unpaired) electrons. The molecule has 1 heterocycles. The molecule has 0 aliphatic heterocycles. The summed E-state index contributed by atoms with van der Waals surface area (Å²) in [6.07, 6.45) is -1.34. The Morgan fingerprint density at radius 1 is 1.00 bits per heavy atom. The lowest BCUT2D eigenvalue weighted by atomic mass is 10.0. The number of hydrogen-bond donors (Lipinski definition) is 1. The van der Waals surface area contributed by atoms with Crippen molar-refractivity contribution in [3.8, 4) is 6.01 Å². The van der Waals surface area contributed by atoms with E-state index < -0.39 is 39.9 Å². The van der Waals surface area contributed by atoms with Gasteiger partial charge in [-0.25, -0.2) is 8.42 Å². The zero-order valence-corrected chi connectivity index (χ0v) is 25.1. The van der Waals surface area contributed by atoms with Crippen LogP contribution in [0, 0.1) is 5.92 Å². The SMILES string of the molecule is O=C(CCCS(=O)(=O)CC(=O)C1CC1)c1ccc(Cc2nc(NC3(c4ccc(Cl)cc4)CC3)nc(OCC(F)(F)F)n2)cc1. The first kappa shape index (κ1) is 31.8. The summed E-state index contributed by atoms with van der Waals surface area (Å²) in [5.41, 5.74) is 1.51. The fraction of sp³-hybridized carbons (Fsp3) is 0.433. The summed E-state index contributed by atoms with van der Waals surface area (Å²) in [5, 5.41) is 3.81. The number of carbonyl (C=O) groups excluding carboxylic acids is 2. The van der Waals surface area contributed by atoms with Gasteiger partial charge in [-0.15, -0.1) is 0 Å². The number of hydrogen-bond acceptors (Lipinski definition) is 9. The van der Waals surface area contributed by atoms with Gasteiger partial charge in [0.2, 0.25) is 5.95 Å². The first-order chi connectivity index (χ1) is 20.8. The summed E-state index contributed by atoms with van der Waals surface area (Å²) < 4.78 is 67.8. The number of Topliss-reactive ketones (excluding diaryl/α,β-unsaturated/α-hetero) is 2. The fourth-order valence-corrected chi connectivity index (χ4v) is 6.26. The van der Waals surface area contributed by atoms with Crippen LogP contribution in [0.3, 0.4) is 0 Å². The second-order valence-electron chi connectivity index (χ2n) is 11.2. The van der Waals surface area contributed by atoms with Gasteiger partial charge in [-0.1, -0.05) is 48.0 Å². The number of nitrogens with one attached hydrogen (secondary N) is 1. The van der Waals surface area contributed by atoms with Gasteiger partial charge in [-0.05, 0) is 55.4 Å². The zero-order valence-electron chi connectivity index (χ0n) is 23.6. The summed E-state index contributed by atoms with van der Waals surface area (Å²) in [5.74, 6) is -1.10. The number of carbonyl (C=O) groups is 2. The molecule has 14 heteroatoms. The van der Waals surface area contributed by atoms with Crippen molar-refractivity contribution in [2.24, 2.45) is 5.92 Å². The summed E-state index contributed by atoms with van der Waals surface area (Å²) in [6.45, 7) is -1.56. The maximum absolute atomic E-state index is 12.9. The van der Waals surface area contributed by atoms with Gasteiger partial charge in [-0.3, -0.25) is 9.59 Å². The van der Waals surface area contributed by atoms with Crippen LogP contribution in [-0.2, 0) is 26.6 Å². The minimum Gasteiger partial charge on any atom is -0.454 e. The summed E-state index contributed by atoms with van der Waals surface area (Å²) in [6, 6.07) is 13.3. The molecular weight excluding hydrogens is 621 g/mol. The number of anilines is 1. The Hall–Kier alpha value is -3.58. The van der Waals surface area contributed by atoms with Gasteiger partial charge >= 0.3 is 12.2 Å². The lowest BCUT2D eigenvalue weighted by Crippen LogP contribution is -2.23. The number of ether oxygens (including phenoxy) is 1. The minimum atomic E-state index is -4.58. The molecular formula is C30H30ClF3N4O5S. The third-order valence-corrected chi connectivity index (χ3v) is 9.30. The number of halogens is 4. The Labute approximate surface area is 257 Å². The van der Waals surface area contributed by atoms with Gasteiger partial charge in [0.1, 0.15) is 11.6 Å². The molecule has 0 unspecified atom stereocenters. The van der Waals surface area contributed by atoms with Crippen molar-refractivity contribution < 1.29 is 35.9 Å². The third kappa shape index (κ3) is 8.98. The van der Waals surface area contributed by atoms with Crippen LogP contribution in [0.15, 0.2) is 48.5 Å². The highest BCUT2D eigenvalue weighted by atomic mass is 35.5. The average molecular weight is 651 g/mol. The van der Waals surface area contributed by atoms with Crippen molar-refractivity contribution >= 4 is 39.0 Å². The van der Waals surface area contributed by atoms with Gasteiger partial charge in [0.25, 0.3) is 0 Å². The third-order valence-electron chi connectivity index (χ3n) is 7.42. The maximum Gasteiger partial charge on any atom is 0.422 e. The van der Waals surface area contributed by atoms with Crippen LogP contribution in [-0.4, -0.2) is 59.2 Å². The number of rotatable bonds is 15. The molecule has 0 atom stereocenters. The van der Waals surface area contributed by atoms with E-state index in [2.05, 4.69) is 20.3 Å².